The fourth-order valence-corrected chi connectivity index (χ4v) is 3.26. The van der Waals surface area contributed by atoms with Crippen LogP contribution in [0.2, 0.25) is 4.34 Å². The summed E-state index contributed by atoms with van der Waals surface area (Å²) in [4.78, 5) is 3.68. The van der Waals surface area contributed by atoms with Crippen LogP contribution in [0.1, 0.15) is 38.1 Å². The quantitative estimate of drug-likeness (QED) is 0.848. The van der Waals surface area contributed by atoms with Crippen LogP contribution in [0.4, 0.5) is 0 Å². The summed E-state index contributed by atoms with van der Waals surface area (Å²) in [5, 5.41) is 0. The van der Waals surface area contributed by atoms with E-state index in [0.717, 1.165) is 23.8 Å². The molecule has 0 fully saturated rings. The molecule has 0 amide bonds. The van der Waals surface area contributed by atoms with Gasteiger partial charge in [-0.1, -0.05) is 32.4 Å². The molecule has 2 N–H and O–H groups in total. The Balaban J connectivity index is 2.94. The highest BCUT2D eigenvalue weighted by molar-refractivity contribution is 7.16. The molecule has 2 nitrogen and oxygen atoms in total. The molecule has 2 atom stereocenters. The molecule has 4 heteroatoms. The highest BCUT2D eigenvalue weighted by Crippen LogP contribution is 2.32. The summed E-state index contributed by atoms with van der Waals surface area (Å²) in [6.07, 6.45) is 0.983. The van der Waals surface area contributed by atoms with Crippen molar-refractivity contribution in [3.05, 3.63) is 21.3 Å². The van der Waals surface area contributed by atoms with Crippen molar-refractivity contribution in [3.8, 4) is 0 Å². The Morgan fingerprint density at radius 2 is 1.94 bits per heavy atom. The molecule has 16 heavy (non-hydrogen) atoms. The maximum absolute atomic E-state index is 6.23. The van der Waals surface area contributed by atoms with Crippen molar-refractivity contribution in [1.82, 2.24) is 4.90 Å². The third kappa shape index (κ3) is 3.20. The van der Waals surface area contributed by atoms with Gasteiger partial charge in [-0.3, -0.25) is 4.90 Å². The molecular formula is C12H21ClN2S. The summed E-state index contributed by atoms with van der Waals surface area (Å²) in [6.45, 7) is 8.52. The van der Waals surface area contributed by atoms with Crippen molar-refractivity contribution in [1.29, 1.82) is 0 Å². The third-order valence-corrected chi connectivity index (χ3v) is 4.27. The Bertz CT molecular complexity index is 310. The van der Waals surface area contributed by atoms with Crippen molar-refractivity contribution >= 4 is 22.9 Å². The molecule has 0 aliphatic carbocycles. The number of nitrogens with zero attached hydrogens (tertiary/aromatic N) is 1. The Morgan fingerprint density at radius 1 is 1.31 bits per heavy atom. The zero-order valence-electron chi connectivity index (χ0n) is 10.2. The SMILES string of the molecule is CCC(N)C(c1ccc(Cl)s1)N(CC)CC. The Hall–Kier alpha value is -0.0900. The van der Waals surface area contributed by atoms with Gasteiger partial charge in [-0.25, -0.2) is 0 Å². The number of thiophene rings is 1. The third-order valence-electron chi connectivity index (χ3n) is 2.97. The van der Waals surface area contributed by atoms with Crippen LogP contribution >= 0.6 is 22.9 Å². The van der Waals surface area contributed by atoms with E-state index < -0.39 is 0 Å². The molecule has 1 heterocycles. The molecule has 1 rings (SSSR count). The van der Waals surface area contributed by atoms with Gasteiger partial charge in [-0.05, 0) is 31.6 Å². The fourth-order valence-electron chi connectivity index (χ4n) is 1.99. The molecule has 1 aromatic heterocycles. The Morgan fingerprint density at radius 3 is 2.31 bits per heavy atom. The molecule has 0 spiro atoms. The highest BCUT2D eigenvalue weighted by atomic mass is 35.5. The minimum atomic E-state index is 0.176. The molecule has 2 unspecified atom stereocenters. The van der Waals surface area contributed by atoms with Gasteiger partial charge in [0.25, 0.3) is 0 Å². The lowest BCUT2D eigenvalue weighted by Gasteiger charge is -2.33. The summed E-state index contributed by atoms with van der Waals surface area (Å²) in [5.74, 6) is 0. The average Bonchev–Trinajstić information content (AvgIpc) is 2.71. The molecule has 0 aliphatic rings. The van der Waals surface area contributed by atoms with Gasteiger partial charge in [-0.15, -0.1) is 11.3 Å². The first-order valence-electron chi connectivity index (χ1n) is 5.88. The van der Waals surface area contributed by atoms with E-state index in [1.807, 2.05) is 6.07 Å². The van der Waals surface area contributed by atoms with Gasteiger partial charge in [0.2, 0.25) is 0 Å². The van der Waals surface area contributed by atoms with Crippen LogP contribution in [0.15, 0.2) is 12.1 Å². The second-order valence-corrected chi connectivity index (χ2v) is 5.63. The number of rotatable bonds is 6. The van der Waals surface area contributed by atoms with E-state index in [0.29, 0.717) is 6.04 Å². The van der Waals surface area contributed by atoms with Crippen molar-refractivity contribution in [3.63, 3.8) is 0 Å². The van der Waals surface area contributed by atoms with E-state index in [1.165, 1.54) is 4.88 Å². The fraction of sp³-hybridized carbons (Fsp3) is 0.667. The van der Waals surface area contributed by atoms with Gasteiger partial charge in [0.1, 0.15) is 0 Å². The van der Waals surface area contributed by atoms with E-state index >= 15 is 0 Å². The monoisotopic (exact) mass is 260 g/mol. The first kappa shape index (κ1) is 14.0. The van der Waals surface area contributed by atoms with Gasteiger partial charge < -0.3 is 5.73 Å². The van der Waals surface area contributed by atoms with E-state index in [-0.39, 0.29) is 6.04 Å². The Kier molecular flexibility index (Phi) is 5.76. The first-order valence-corrected chi connectivity index (χ1v) is 7.08. The van der Waals surface area contributed by atoms with Crippen molar-refractivity contribution in [2.45, 2.75) is 39.3 Å². The highest BCUT2D eigenvalue weighted by Gasteiger charge is 2.24. The van der Waals surface area contributed by atoms with Crippen LogP contribution in [-0.2, 0) is 0 Å². The first-order chi connectivity index (χ1) is 7.63. The Labute approximate surface area is 107 Å². The summed E-state index contributed by atoms with van der Waals surface area (Å²) < 4.78 is 0.843. The predicted octanol–water partition coefficient (Wildman–Crippen LogP) is 3.52. The van der Waals surface area contributed by atoms with E-state index in [4.69, 9.17) is 17.3 Å². The smallest absolute Gasteiger partial charge is 0.0931 e. The van der Waals surface area contributed by atoms with Crippen molar-refractivity contribution in [2.75, 3.05) is 13.1 Å². The van der Waals surface area contributed by atoms with E-state index in [9.17, 15) is 0 Å². The number of hydrogen-bond donors (Lipinski definition) is 1. The lowest BCUT2D eigenvalue weighted by Crippen LogP contribution is -2.40. The van der Waals surface area contributed by atoms with Gasteiger partial charge in [0.05, 0.1) is 10.4 Å². The second-order valence-electron chi connectivity index (χ2n) is 3.88. The summed E-state index contributed by atoms with van der Waals surface area (Å²) in [7, 11) is 0. The number of halogens is 1. The summed E-state index contributed by atoms with van der Waals surface area (Å²) in [5.41, 5.74) is 6.23. The van der Waals surface area contributed by atoms with Gasteiger partial charge >= 0.3 is 0 Å². The normalized spacial score (nSPS) is 15.4. The van der Waals surface area contributed by atoms with Crippen LogP contribution in [-0.4, -0.2) is 24.0 Å². The molecule has 0 saturated carbocycles. The van der Waals surface area contributed by atoms with Crippen LogP contribution in [0.25, 0.3) is 0 Å². The van der Waals surface area contributed by atoms with Gasteiger partial charge in [0.15, 0.2) is 0 Å². The molecule has 0 radical (unpaired) electrons. The average molecular weight is 261 g/mol. The molecular weight excluding hydrogens is 240 g/mol. The van der Waals surface area contributed by atoms with Crippen molar-refractivity contribution in [2.24, 2.45) is 5.73 Å². The summed E-state index contributed by atoms with van der Waals surface area (Å²) >= 11 is 7.64. The van der Waals surface area contributed by atoms with Crippen LogP contribution < -0.4 is 5.73 Å². The predicted molar refractivity (Wildman–Crippen MR) is 73.3 cm³/mol. The maximum Gasteiger partial charge on any atom is 0.0931 e. The number of likely N-dealkylation sites (N-methyl/N-ethyl adjacent to an activating group) is 1. The molecule has 0 aromatic carbocycles. The lowest BCUT2D eigenvalue weighted by atomic mass is 10.0. The maximum atomic E-state index is 6.23. The van der Waals surface area contributed by atoms with Crippen LogP contribution in [0.3, 0.4) is 0 Å². The molecule has 0 bridgehead atoms. The molecule has 1 aromatic rings. The van der Waals surface area contributed by atoms with Crippen LogP contribution in [0, 0.1) is 0 Å². The number of nitrogens with two attached hydrogens (primary N) is 1. The van der Waals surface area contributed by atoms with Gasteiger partial charge in [-0.2, -0.15) is 0 Å². The zero-order chi connectivity index (χ0) is 12.1. The van der Waals surface area contributed by atoms with Crippen molar-refractivity contribution < 1.29 is 0 Å². The minimum Gasteiger partial charge on any atom is -0.326 e. The molecule has 92 valence electrons. The lowest BCUT2D eigenvalue weighted by molar-refractivity contribution is 0.190. The van der Waals surface area contributed by atoms with E-state index in [1.54, 1.807) is 11.3 Å². The van der Waals surface area contributed by atoms with Gasteiger partial charge in [0, 0.05) is 10.9 Å². The van der Waals surface area contributed by atoms with Crippen LogP contribution in [0.5, 0.6) is 0 Å². The minimum absolute atomic E-state index is 0.176. The molecule has 0 aliphatic heterocycles. The molecule has 0 saturated heterocycles. The topological polar surface area (TPSA) is 29.3 Å². The largest absolute Gasteiger partial charge is 0.326 e. The summed E-state index contributed by atoms with van der Waals surface area (Å²) in [6, 6.07) is 4.54. The zero-order valence-corrected chi connectivity index (χ0v) is 11.8. The standard InChI is InChI=1S/C12H21ClN2S/c1-4-9(14)12(15(5-2)6-3)10-7-8-11(13)16-10/h7-9,12H,4-6,14H2,1-3H3. The second kappa shape index (κ2) is 6.60. The van der Waals surface area contributed by atoms with E-state index in [2.05, 4.69) is 31.7 Å². The number of hydrogen-bond acceptors (Lipinski definition) is 3.